The van der Waals surface area contributed by atoms with Crippen LogP contribution in [-0.2, 0) is 9.59 Å². The Labute approximate surface area is 208 Å². The highest BCUT2D eigenvalue weighted by molar-refractivity contribution is 7.22. The van der Waals surface area contributed by atoms with E-state index < -0.39 is 23.5 Å². The second-order valence-electron chi connectivity index (χ2n) is 7.79. The average Bonchev–Trinajstić information content (AvgIpc) is 3.37. The third kappa shape index (κ3) is 4.15. The number of aliphatic hydroxyl groups excluding tert-OH is 1. The van der Waals surface area contributed by atoms with Gasteiger partial charge in [0.25, 0.3) is 5.78 Å². The number of amides is 1. The van der Waals surface area contributed by atoms with E-state index in [-0.39, 0.29) is 16.5 Å². The number of aromatic nitrogens is 1. The summed E-state index contributed by atoms with van der Waals surface area (Å²) in [7, 11) is 0. The first kappa shape index (κ1) is 23.0. The zero-order valence-corrected chi connectivity index (χ0v) is 19.9. The first-order valence-corrected chi connectivity index (χ1v) is 11.9. The second-order valence-corrected chi connectivity index (χ2v) is 9.24. The van der Waals surface area contributed by atoms with Crippen LogP contribution in [0.2, 0.25) is 5.02 Å². The van der Waals surface area contributed by atoms with Crippen molar-refractivity contribution in [3.63, 3.8) is 0 Å². The number of aliphatic hydroxyl groups is 1. The van der Waals surface area contributed by atoms with Gasteiger partial charge in [-0.25, -0.2) is 9.37 Å². The predicted octanol–water partition coefficient (Wildman–Crippen LogP) is 6.11. The number of Topliss-reactive ketones (excluding diaryl/α,β-unsaturated/α-hetero) is 1. The minimum absolute atomic E-state index is 0.0867. The Morgan fingerprint density at radius 1 is 1.14 bits per heavy atom. The fraction of sp³-hybridized carbons (Fsp3) is 0.115. The number of thiazole rings is 1. The van der Waals surface area contributed by atoms with Crippen molar-refractivity contribution in [2.75, 3.05) is 11.5 Å². The van der Waals surface area contributed by atoms with Crippen molar-refractivity contribution < 1.29 is 23.8 Å². The average molecular weight is 509 g/mol. The number of anilines is 1. The minimum Gasteiger partial charge on any atom is -0.507 e. The lowest BCUT2D eigenvalue weighted by Crippen LogP contribution is -2.29. The Kier molecular flexibility index (Phi) is 6.00. The van der Waals surface area contributed by atoms with Crippen LogP contribution in [0.25, 0.3) is 16.0 Å². The fourth-order valence-electron chi connectivity index (χ4n) is 4.04. The van der Waals surface area contributed by atoms with Gasteiger partial charge in [-0.2, -0.15) is 0 Å². The lowest BCUT2D eigenvalue weighted by atomic mass is 9.95. The van der Waals surface area contributed by atoms with Gasteiger partial charge < -0.3 is 9.84 Å². The van der Waals surface area contributed by atoms with E-state index in [0.717, 1.165) is 11.3 Å². The zero-order valence-electron chi connectivity index (χ0n) is 18.4. The number of rotatable bonds is 5. The van der Waals surface area contributed by atoms with Gasteiger partial charge in [0.2, 0.25) is 0 Å². The van der Waals surface area contributed by atoms with E-state index in [1.165, 1.54) is 23.1 Å². The number of halogens is 2. The Bertz CT molecular complexity index is 1500. The molecule has 1 saturated heterocycles. The maximum atomic E-state index is 13.8. The van der Waals surface area contributed by atoms with Gasteiger partial charge in [0.15, 0.2) is 5.13 Å². The molecule has 1 aliphatic rings. The van der Waals surface area contributed by atoms with Crippen LogP contribution in [0.5, 0.6) is 5.75 Å². The normalized spacial score (nSPS) is 17.3. The molecule has 5 rings (SSSR count). The van der Waals surface area contributed by atoms with E-state index in [2.05, 4.69) is 4.98 Å². The molecule has 1 amide bonds. The number of carbonyl (C=O) groups excluding carboxylic acids is 2. The summed E-state index contributed by atoms with van der Waals surface area (Å²) < 4.78 is 19.9. The van der Waals surface area contributed by atoms with E-state index in [1.807, 2.05) is 6.92 Å². The molecule has 2 heterocycles. The summed E-state index contributed by atoms with van der Waals surface area (Å²) >= 11 is 7.07. The smallest absolute Gasteiger partial charge is 0.301 e. The van der Waals surface area contributed by atoms with Gasteiger partial charge in [0, 0.05) is 10.6 Å². The topological polar surface area (TPSA) is 79.7 Å². The molecule has 35 heavy (non-hydrogen) atoms. The molecule has 1 N–H and O–H groups in total. The molecule has 9 heteroatoms. The van der Waals surface area contributed by atoms with Gasteiger partial charge in [0.05, 0.1) is 28.4 Å². The number of benzene rings is 3. The number of hydrogen-bond acceptors (Lipinski definition) is 6. The number of nitrogens with zero attached hydrogens (tertiary/aromatic N) is 2. The Morgan fingerprint density at radius 2 is 1.91 bits per heavy atom. The molecule has 6 nitrogen and oxygen atoms in total. The van der Waals surface area contributed by atoms with Crippen LogP contribution in [-0.4, -0.2) is 28.4 Å². The summed E-state index contributed by atoms with van der Waals surface area (Å²) in [6.45, 7) is 2.28. The summed E-state index contributed by atoms with van der Waals surface area (Å²) in [6, 6.07) is 16.4. The van der Waals surface area contributed by atoms with Gasteiger partial charge in [0.1, 0.15) is 17.3 Å². The van der Waals surface area contributed by atoms with Crippen LogP contribution in [0.4, 0.5) is 9.52 Å². The lowest BCUT2D eigenvalue weighted by Gasteiger charge is -2.23. The highest BCUT2D eigenvalue weighted by Gasteiger charge is 2.48. The van der Waals surface area contributed by atoms with Gasteiger partial charge in [-0.15, -0.1) is 0 Å². The highest BCUT2D eigenvalue weighted by atomic mass is 35.5. The van der Waals surface area contributed by atoms with Crippen LogP contribution >= 0.6 is 22.9 Å². The standard InChI is InChI=1S/C26H18ClFN2O4S/c1-2-34-18-5-3-4-15(12-18)22-21(23(31)14-6-8-16(27)9-7-14)24(32)25(33)30(22)26-29-19-11-10-17(28)13-20(19)35-26/h3-13,22,31H,2H2,1H3/b23-21+. The molecule has 1 aliphatic heterocycles. The lowest BCUT2D eigenvalue weighted by molar-refractivity contribution is -0.132. The molecule has 1 fully saturated rings. The van der Waals surface area contributed by atoms with E-state index in [1.54, 1.807) is 48.5 Å². The quantitative estimate of drug-likeness (QED) is 0.200. The van der Waals surface area contributed by atoms with Gasteiger partial charge >= 0.3 is 5.91 Å². The molecule has 1 unspecified atom stereocenters. The van der Waals surface area contributed by atoms with Crippen molar-refractivity contribution in [3.05, 3.63) is 94.3 Å². The van der Waals surface area contributed by atoms with Crippen LogP contribution in [0.3, 0.4) is 0 Å². The minimum atomic E-state index is -0.975. The molecule has 0 radical (unpaired) electrons. The van der Waals surface area contributed by atoms with Crippen LogP contribution < -0.4 is 9.64 Å². The first-order chi connectivity index (χ1) is 16.9. The van der Waals surface area contributed by atoms with Crippen molar-refractivity contribution >= 4 is 55.7 Å². The largest absolute Gasteiger partial charge is 0.507 e. The van der Waals surface area contributed by atoms with E-state index >= 15 is 0 Å². The number of fused-ring (bicyclic) bond motifs is 1. The summed E-state index contributed by atoms with van der Waals surface area (Å²) in [5.74, 6) is -1.91. The molecular formula is C26H18ClFN2O4S. The summed E-state index contributed by atoms with van der Waals surface area (Å²) in [5, 5.41) is 11.9. The Morgan fingerprint density at radius 3 is 2.66 bits per heavy atom. The maximum absolute atomic E-state index is 13.8. The fourth-order valence-corrected chi connectivity index (χ4v) is 5.18. The molecule has 1 atom stereocenters. The highest BCUT2D eigenvalue weighted by Crippen LogP contribution is 2.45. The number of ketones is 1. The van der Waals surface area contributed by atoms with Crippen molar-refractivity contribution in [3.8, 4) is 5.75 Å². The second kappa shape index (κ2) is 9.13. The van der Waals surface area contributed by atoms with E-state index in [4.69, 9.17) is 16.3 Å². The van der Waals surface area contributed by atoms with E-state index in [0.29, 0.717) is 38.7 Å². The van der Waals surface area contributed by atoms with Gasteiger partial charge in [-0.3, -0.25) is 14.5 Å². The van der Waals surface area contributed by atoms with Gasteiger partial charge in [-0.05, 0) is 67.1 Å². The molecule has 0 spiro atoms. The molecule has 4 aromatic rings. The van der Waals surface area contributed by atoms with E-state index in [9.17, 15) is 19.1 Å². The molecule has 0 aliphatic carbocycles. The van der Waals surface area contributed by atoms with Crippen molar-refractivity contribution in [2.24, 2.45) is 0 Å². The third-order valence-electron chi connectivity index (χ3n) is 5.59. The predicted molar refractivity (Wildman–Crippen MR) is 133 cm³/mol. The molecule has 3 aromatic carbocycles. The number of hydrogen-bond donors (Lipinski definition) is 1. The van der Waals surface area contributed by atoms with Crippen molar-refractivity contribution in [1.82, 2.24) is 4.98 Å². The summed E-state index contributed by atoms with van der Waals surface area (Å²) in [4.78, 5) is 32.3. The molecule has 1 aromatic heterocycles. The van der Waals surface area contributed by atoms with Crippen molar-refractivity contribution in [2.45, 2.75) is 13.0 Å². The molecular weight excluding hydrogens is 491 g/mol. The molecule has 176 valence electrons. The number of ether oxygens (including phenoxy) is 1. The third-order valence-corrected chi connectivity index (χ3v) is 6.86. The zero-order chi connectivity index (χ0) is 24.7. The molecule has 0 saturated carbocycles. The monoisotopic (exact) mass is 508 g/mol. The van der Waals surface area contributed by atoms with Gasteiger partial charge in [-0.1, -0.05) is 35.1 Å². The molecule has 0 bridgehead atoms. The van der Waals surface area contributed by atoms with Crippen LogP contribution in [0, 0.1) is 5.82 Å². The van der Waals surface area contributed by atoms with Crippen LogP contribution in [0.1, 0.15) is 24.1 Å². The summed E-state index contributed by atoms with van der Waals surface area (Å²) in [5.41, 5.74) is 1.30. The Balaban J connectivity index is 1.72. The number of carbonyl (C=O) groups is 2. The summed E-state index contributed by atoms with van der Waals surface area (Å²) in [6.07, 6.45) is 0. The SMILES string of the molecule is CCOc1cccc(C2/C(=C(\O)c3ccc(Cl)cc3)C(=O)C(=O)N2c2nc3ccc(F)cc3s2)c1. The Hall–Kier alpha value is -3.75. The van der Waals surface area contributed by atoms with Crippen LogP contribution in [0.15, 0.2) is 72.3 Å². The maximum Gasteiger partial charge on any atom is 0.301 e. The first-order valence-electron chi connectivity index (χ1n) is 10.7. The van der Waals surface area contributed by atoms with Crippen molar-refractivity contribution in [1.29, 1.82) is 0 Å².